The number of rotatable bonds is 5. The fourth-order valence-corrected chi connectivity index (χ4v) is 1.84. The molecule has 1 rings (SSSR count). The number of nitro benzene ring substituents is 1. The summed E-state index contributed by atoms with van der Waals surface area (Å²) in [6.45, 7) is 3.87. The number of nitrogens with zero attached hydrogens (tertiary/aromatic N) is 1. The molecule has 1 N–H and O–H groups in total. The van der Waals surface area contributed by atoms with Crippen LogP contribution in [-0.2, 0) is 4.79 Å². The molecule has 0 aliphatic carbocycles. The maximum Gasteiger partial charge on any atom is 0.271 e. The topological polar surface area (TPSA) is 72.2 Å². The number of benzene rings is 1. The summed E-state index contributed by atoms with van der Waals surface area (Å²) in [5.74, 6) is -0.188. The molecule has 0 aromatic heterocycles. The van der Waals surface area contributed by atoms with E-state index in [-0.39, 0.29) is 22.5 Å². The second-order valence-electron chi connectivity index (χ2n) is 3.92. The first-order chi connectivity index (χ1) is 8.49. The van der Waals surface area contributed by atoms with Gasteiger partial charge in [0.05, 0.1) is 15.6 Å². The second kappa shape index (κ2) is 6.35. The predicted molar refractivity (Wildman–Crippen MR) is 70.8 cm³/mol. The van der Waals surface area contributed by atoms with Crippen molar-refractivity contribution in [3.63, 3.8) is 0 Å². The Hall–Kier alpha value is -1.62. The van der Waals surface area contributed by atoms with Crippen LogP contribution in [0.25, 0.3) is 0 Å². The standard InChI is InChI=1S/C12H15ClN2O3/c1-3-8(4-2)12(16)14-11-6-5-9(15(17)18)7-10(11)13/h5-8H,3-4H2,1-2H3,(H,14,16). The average Bonchev–Trinajstić information content (AvgIpc) is 2.33. The molecule has 0 aliphatic rings. The third-order valence-corrected chi connectivity index (χ3v) is 3.09. The molecule has 0 radical (unpaired) electrons. The van der Waals surface area contributed by atoms with Crippen LogP contribution in [0, 0.1) is 16.0 Å². The molecule has 0 bridgehead atoms. The Morgan fingerprint density at radius 1 is 1.44 bits per heavy atom. The minimum absolute atomic E-state index is 0.0729. The lowest BCUT2D eigenvalue weighted by Gasteiger charge is -2.13. The highest BCUT2D eigenvalue weighted by Gasteiger charge is 2.16. The molecule has 0 spiro atoms. The second-order valence-corrected chi connectivity index (χ2v) is 4.33. The molecule has 98 valence electrons. The summed E-state index contributed by atoms with van der Waals surface area (Å²) >= 11 is 5.89. The summed E-state index contributed by atoms with van der Waals surface area (Å²) in [7, 11) is 0. The number of halogens is 1. The number of non-ortho nitro benzene ring substituents is 1. The first-order valence-electron chi connectivity index (χ1n) is 5.74. The van der Waals surface area contributed by atoms with Crippen molar-refractivity contribution < 1.29 is 9.72 Å². The Labute approximate surface area is 110 Å². The minimum atomic E-state index is -0.529. The number of nitrogens with one attached hydrogen (secondary N) is 1. The zero-order valence-corrected chi connectivity index (χ0v) is 11.0. The van der Waals surface area contributed by atoms with E-state index in [9.17, 15) is 14.9 Å². The molecular weight excluding hydrogens is 256 g/mol. The van der Waals surface area contributed by atoms with E-state index in [0.717, 1.165) is 12.8 Å². The van der Waals surface area contributed by atoms with Gasteiger partial charge in [0.2, 0.25) is 5.91 Å². The molecule has 5 nitrogen and oxygen atoms in total. The van der Waals surface area contributed by atoms with Crippen molar-refractivity contribution in [3.05, 3.63) is 33.3 Å². The largest absolute Gasteiger partial charge is 0.325 e. The normalized spacial score (nSPS) is 10.4. The fourth-order valence-electron chi connectivity index (χ4n) is 1.61. The van der Waals surface area contributed by atoms with Gasteiger partial charge in [-0.25, -0.2) is 0 Å². The summed E-state index contributed by atoms with van der Waals surface area (Å²) in [4.78, 5) is 21.9. The van der Waals surface area contributed by atoms with Crippen molar-refractivity contribution in [1.29, 1.82) is 0 Å². The number of carbonyl (C=O) groups excluding carboxylic acids is 1. The van der Waals surface area contributed by atoms with Gasteiger partial charge in [0.15, 0.2) is 0 Å². The molecular formula is C12H15ClN2O3. The SMILES string of the molecule is CCC(CC)C(=O)Nc1ccc([N+](=O)[O-])cc1Cl. The molecule has 0 saturated carbocycles. The molecule has 18 heavy (non-hydrogen) atoms. The zero-order chi connectivity index (χ0) is 13.7. The Kier molecular flexibility index (Phi) is 5.09. The Balaban J connectivity index is 2.86. The van der Waals surface area contributed by atoms with Crippen LogP contribution in [0.5, 0.6) is 0 Å². The van der Waals surface area contributed by atoms with Gasteiger partial charge in [-0.15, -0.1) is 0 Å². The molecule has 6 heteroatoms. The number of carbonyl (C=O) groups is 1. The monoisotopic (exact) mass is 270 g/mol. The number of hydrogen-bond donors (Lipinski definition) is 1. The lowest BCUT2D eigenvalue weighted by molar-refractivity contribution is -0.384. The smallest absolute Gasteiger partial charge is 0.271 e. The van der Waals surface area contributed by atoms with Gasteiger partial charge in [-0.05, 0) is 18.9 Å². The van der Waals surface area contributed by atoms with E-state index in [4.69, 9.17) is 11.6 Å². The molecule has 1 aromatic carbocycles. The average molecular weight is 271 g/mol. The third-order valence-electron chi connectivity index (χ3n) is 2.78. The first kappa shape index (κ1) is 14.4. The summed E-state index contributed by atoms with van der Waals surface area (Å²) in [6, 6.07) is 3.99. The van der Waals surface area contributed by atoms with Gasteiger partial charge in [0.25, 0.3) is 5.69 Å². The van der Waals surface area contributed by atoms with Gasteiger partial charge in [-0.3, -0.25) is 14.9 Å². The minimum Gasteiger partial charge on any atom is -0.325 e. The van der Waals surface area contributed by atoms with E-state index < -0.39 is 4.92 Å². The molecule has 0 heterocycles. The van der Waals surface area contributed by atoms with Crippen LogP contribution >= 0.6 is 11.6 Å². The Morgan fingerprint density at radius 3 is 2.50 bits per heavy atom. The van der Waals surface area contributed by atoms with Gasteiger partial charge in [0.1, 0.15) is 0 Å². The summed E-state index contributed by atoms with van der Waals surface area (Å²) in [5, 5.41) is 13.4. The van der Waals surface area contributed by atoms with Crippen molar-refractivity contribution in [1.82, 2.24) is 0 Å². The molecule has 1 amide bonds. The van der Waals surface area contributed by atoms with Gasteiger partial charge in [-0.1, -0.05) is 25.4 Å². The van der Waals surface area contributed by atoms with Crippen LogP contribution in [0.15, 0.2) is 18.2 Å². The Morgan fingerprint density at radius 2 is 2.06 bits per heavy atom. The van der Waals surface area contributed by atoms with Gasteiger partial charge in [-0.2, -0.15) is 0 Å². The fraction of sp³-hybridized carbons (Fsp3) is 0.417. The van der Waals surface area contributed by atoms with Crippen LogP contribution in [0.3, 0.4) is 0 Å². The van der Waals surface area contributed by atoms with E-state index in [1.807, 2.05) is 13.8 Å². The van der Waals surface area contributed by atoms with E-state index in [2.05, 4.69) is 5.32 Å². The quantitative estimate of drug-likeness (QED) is 0.656. The molecule has 0 saturated heterocycles. The van der Waals surface area contributed by atoms with Crippen LogP contribution in [0.2, 0.25) is 5.02 Å². The summed E-state index contributed by atoms with van der Waals surface area (Å²) in [6.07, 6.45) is 1.49. The van der Waals surface area contributed by atoms with Crippen LogP contribution in [0.4, 0.5) is 11.4 Å². The third kappa shape index (κ3) is 3.43. The van der Waals surface area contributed by atoms with E-state index >= 15 is 0 Å². The molecule has 1 aromatic rings. The predicted octanol–water partition coefficient (Wildman–Crippen LogP) is 3.62. The summed E-state index contributed by atoms with van der Waals surface area (Å²) < 4.78 is 0. The van der Waals surface area contributed by atoms with Crippen molar-refractivity contribution in [2.24, 2.45) is 5.92 Å². The summed E-state index contributed by atoms with van der Waals surface area (Å²) in [5.41, 5.74) is 0.305. The van der Waals surface area contributed by atoms with E-state index in [0.29, 0.717) is 5.69 Å². The van der Waals surface area contributed by atoms with Crippen molar-refractivity contribution >= 4 is 28.9 Å². The molecule has 0 atom stereocenters. The maximum absolute atomic E-state index is 11.8. The van der Waals surface area contributed by atoms with E-state index in [1.165, 1.54) is 18.2 Å². The molecule has 0 fully saturated rings. The lowest BCUT2D eigenvalue weighted by atomic mass is 10.0. The van der Waals surface area contributed by atoms with Crippen LogP contribution in [0.1, 0.15) is 26.7 Å². The number of anilines is 1. The lowest BCUT2D eigenvalue weighted by Crippen LogP contribution is -2.21. The highest BCUT2D eigenvalue weighted by atomic mass is 35.5. The highest BCUT2D eigenvalue weighted by Crippen LogP contribution is 2.27. The number of hydrogen-bond acceptors (Lipinski definition) is 3. The first-order valence-corrected chi connectivity index (χ1v) is 6.12. The number of amides is 1. The zero-order valence-electron chi connectivity index (χ0n) is 10.3. The molecule has 0 aliphatic heterocycles. The molecule has 0 unspecified atom stereocenters. The van der Waals surface area contributed by atoms with Gasteiger partial charge >= 0.3 is 0 Å². The maximum atomic E-state index is 11.8. The van der Waals surface area contributed by atoms with E-state index in [1.54, 1.807) is 0 Å². The van der Waals surface area contributed by atoms with Crippen molar-refractivity contribution in [2.45, 2.75) is 26.7 Å². The van der Waals surface area contributed by atoms with Crippen molar-refractivity contribution in [2.75, 3.05) is 5.32 Å². The van der Waals surface area contributed by atoms with Crippen LogP contribution in [-0.4, -0.2) is 10.8 Å². The van der Waals surface area contributed by atoms with Crippen LogP contribution < -0.4 is 5.32 Å². The van der Waals surface area contributed by atoms with Crippen molar-refractivity contribution in [3.8, 4) is 0 Å². The highest BCUT2D eigenvalue weighted by molar-refractivity contribution is 6.34. The number of nitro groups is 1. The Bertz CT molecular complexity index is 459. The van der Waals surface area contributed by atoms with Gasteiger partial charge in [0, 0.05) is 18.1 Å². The van der Waals surface area contributed by atoms with Gasteiger partial charge < -0.3 is 5.32 Å².